The van der Waals surface area contributed by atoms with Crippen LogP contribution in [-0.4, -0.2) is 36.2 Å². The zero-order chi connectivity index (χ0) is 19.4. The highest BCUT2D eigenvalue weighted by molar-refractivity contribution is 6.01. The molecule has 0 saturated carbocycles. The molecule has 0 aliphatic heterocycles. The lowest BCUT2D eigenvalue weighted by Crippen LogP contribution is -2.35. The van der Waals surface area contributed by atoms with Crippen LogP contribution in [0.15, 0.2) is 36.4 Å². The van der Waals surface area contributed by atoms with E-state index in [1.54, 1.807) is 12.1 Å². The first kappa shape index (κ1) is 19.2. The minimum Gasteiger partial charge on any atom is -0.366 e. The normalized spacial score (nSPS) is 10.3. The molecule has 0 heterocycles. The van der Waals surface area contributed by atoms with Gasteiger partial charge in [0.1, 0.15) is 0 Å². The van der Waals surface area contributed by atoms with Crippen LogP contribution in [0.3, 0.4) is 0 Å². The molecule has 0 aliphatic carbocycles. The maximum Gasteiger partial charge on any atom is 0.254 e. The molecule has 2 rings (SSSR count). The predicted octanol–water partition coefficient (Wildman–Crippen LogP) is 2.42. The van der Waals surface area contributed by atoms with E-state index >= 15 is 0 Å². The van der Waals surface area contributed by atoms with Crippen LogP contribution in [0, 0.1) is 20.8 Å². The van der Waals surface area contributed by atoms with Gasteiger partial charge in [-0.15, -0.1) is 0 Å². The lowest BCUT2D eigenvalue weighted by molar-refractivity contribution is -0.116. The molecule has 136 valence electrons. The molecule has 0 unspecified atom stereocenters. The van der Waals surface area contributed by atoms with Gasteiger partial charge in [0.25, 0.3) is 5.91 Å². The van der Waals surface area contributed by atoms with Gasteiger partial charge in [-0.3, -0.25) is 14.4 Å². The molecule has 3 N–H and O–H groups in total. The number of carbonyl (C=O) groups excluding carboxylic acids is 3. The molecular weight excluding hydrogens is 330 g/mol. The lowest BCUT2D eigenvalue weighted by Gasteiger charge is -2.18. The third kappa shape index (κ3) is 4.47. The standard InChI is InChI=1S/C20H23N3O3/c1-12-8-13(2)18(14(3)9-12)22-17(24)11-23(4)20(26)16-7-5-6-15(10-16)19(21)25/h5-10H,11H2,1-4H3,(H2,21,25)(H,22,24). The molecule has 3 amide bonds. The number of nitrogens with one attached hydrogen (secondary N) is 1. The number of anilines is 1. The molecule has 0 aliphatic rings. The first-order valence-electron chi connectivity index (χ1n) is 8.22. The Balaban J connectivity index is 2.08. The van der Waals surface area contributed by atoms with Crippen molar-refractivity contribution in [3.63, 3.8) is 0 Å². The summed E-state index contributed by atoms with van der Waals surface area (Å²) in [5, 5.41) is 2.87. The van der Waals surface area contributed by atoms with Crippen molar-refractivity contribution >= 4 is 23.4 Å². The molecule has 0 spiro atoms. The van der Waals surface area contributed by atoms with Crippen molar-refractivity contribution in [2.75, 3.05) is 18.9 Å². The van der Waals surface area contributed by atoms with Crippen LogP contribution in [0.2, 0.25) is 0 Å². The van der Waals surface area contributed by atoms with Crippen LogP contribution in [0.1, 0.15) is 37.4 Å². The third-order valence-electron chi connectivity index (χ3n) is 4.06. The fourth-order valence-electron chi connectivity index (χ4n) is 2.87. The maximum absolute atomic E-state index is 12.5. The van der Waals surface area contributed by atoms with E-state index < -0.39 is 5.91 Å². The number of hydrogen-bond acceptors (Lipinski definition) is 3. The molecule has 0 atom stereocenters. The molecule has 0 aromatic heterocycles. The van der Waals surface area contributed by atoms with Crippen molar-refractivity contribution in [2.24, 2.45) is 5.73 Å². The van der Waals surface area contributed by atoms with Gasteiger partial charge in [0.2, 0.25) is 11.8 Å². The number of carbonyl (C=O) groups is 3. The lowest BCUT2D eigenvalue weighted by atomic mass is 10.1. The van der Waals surface area contributed by atoms with E-state index in [-0.39, 0.29) is 23.9 Å². The topological polar surface area (TPSA) is 92.5 Å². The summed E-state index contributed by atoms with van der Waals surface area (Å²) in [6, 6.07) is 10.1. The van der Waals surface area contributed by atoms with Gasteiger partial charge in [-0.1, -0.05) is 23.8 Å². The van der Waals surface area contributed by atoms with Gasteiger partial charge in [-0.2, -0.15) is 0 Å². The smallest absolute Gasteiger partial charge is 0.254 e. The van der Waals surface area contributed by atoms with Gasteiger partial charge in [0.15, 0.2) is 0 Å². The summed E-state index contributed by atoms with van der Waals surface area (Å²) in [6.45, 7) is 5.75. The number of likely N-dealkylation sites (N-methyl/N-ethyl adjacent to an activating group) is 1. The van der Waals surface area contributed by atoms with Crippen LogP contribution in [0.25, 0.3) is 0 Å². The Morgan fingerprint density at radius 2 is 1.58 bits per heavy atom. The molecule has 0 fully saturated rings. The van der Waals surface area contributed by atoms with E-state index in [1.165, 1.54) is 24.1 Å². The summed E-state index contributed by atoms with van der Waals surface area (Å²) < 4.78 is 0. The summed E-state index contributed by atoms with van der Waals surface area (Å²) in [5.74, 6) is -1.26. The van der Waals surface area contributed by atoms with Gasteiger partial charge in [0, 0.05) is 23.9 Å². The number of primary amides is 1. The Labute approximate surface area is 153 Å². The number of nitrogens with two attached hydrogens (primary N) is 1. The van der Waals surface area contributed by atoms with Crippen molar-refractivity contribution in [1.82, 2.24) is 4.90 Å². The Kier molecular flexibility index (Phi) is 5.77. The van der Waals surface area contributed by atoms with Gasteiger partial charge in [-0.25, -0.2) is 0 Å². The van der Waals surface area contributed by atoms with Crippen LogP contribution in [0.5, 0.6) is 0 Å². The third-order valence-corrected chi connectivity index (χ3v) is 4.06. The molecular formula is C20H23N3O3. The van der Waals surface area contributed by atoms with Crippen molar-refractivity contribution in [2.45, 2.75) is 20.8 Å². The van der Waals surface area contributed by atoms with Crippen molar-refractivity contribution < 1.29 is 14.4 Å². The monoisotopic (exact) mass is 353 g/mol. The van der Waals surface area contributed by atoms with Crippen LogP contribution >= 0.6 is 0 Å². The Bertz CT molecular complexity index is 851. The van der Waals surface area contributed by atoms with E-state index in [1.807, 2.05) is 32.9 Å². The highest BCUT2D eigenvalue weighted by Crippen LogP contribution is 2.21. The average molecular weight is 353 g/mol. The minimum atomic E-state index is -0.606. The second kappa shape index (κ2) is 7.82. The summed E-state index contributed by atoms with van der Waals surface area (Å²) in [6.07, 6.45) is 0. The number of rotatable bonds is 5. The number of amides is 3. The summed E-state index contributed by atoms with van der Waals surface area (Å²) in [4.78, 5) is 37.4. The number of aryl methyl sites for hydroxylation is 3. The predicted molar refractivity (Wildman–Crippen MR) is 101 cm³/mol. The molecule has 2 aromatic rings. The summed E-state index contributed by atoms with van der Waals surface area (Å²) >= 11 is 0. The summed E-state index contributed by atoms with van der Waals surface area (Å²) in [7, 11) is 1.54. The molecule has 0 bridgehead atoms. The van der Waals surface area contributed by atoms with E-state index in [0.717, 1.165) is 22.4 Å². The van der Waals surface area contributed by atoms with Gasteiger partial charge in [-0.05, 0) is 50.1 Å². The summed E-state index contributed by atoms with van der Waals surface area (Å²) in [5.41, 5.74) is 9.62. The molecule has 0 radical (unpaired) electrons. The highest BCUT2D eigenvalue weighted by Gasteiger charge is 2.17. The van der Waals surface area contributed by atoms with Crippen molar-refractivity contribution in [1.29, 1.82) is 0 Å². The molecule has 6 nitrogen and oxygen atoms in total. The van der Waals surface area contributed by atoms with E-state index in [4.69, 9.17) is 5.73 Å². The fourth-order valence-corrected chi connectivity index (χ4v) is 2.87. The number of benzene rings is 2. The van der Waals surface area contributed by atoms with Crippen LogP contribution < -0.4 is 11.1 Å². The van der Waals surface area contributed by atoms with Gasteiger partial charge < -0.3 is 16.0 Å². The molecule has 0 saturated heterocycles. The maximum atomic E-state index is 12.5. The van der Waals surface area contributed by atoms with E-state index in [0.29, 0.717) is 5.56 Å². The van der Waals surface area contributed by atoms with Crippen molar-refractivity contribution in [3.8, 4) is 0 Å². The number of nitrogens with zero attached hydrogens (tertiary/aromatic N) is 1. The Morgan fingerprint density at radius 3 is 2.15 bits per heavy atom. The van der Waals surface area contributed by atoms with Crippen molar-refractivity contribution in [3.05, 3.63) is 64.2 Å². The minimum absolute atomic E-state index is 0.105. The van der Waals surface area contributed by atoms with E-state index in [9.17, 15) is 14.4 Å². The largest absolute Gasteiger partial charge is 0.366 e. The highest BCUT2D eigenvalue weighted by atomic mass is 16.2. The van der Waals surface area contributed by atoms with Crippen LogP contribution in [0.4, 0.5) is 5.69 Å². The van der Waals surface area contributed by atoms with Crippen LogP contribution in [-0.2, 0) is 4.79 Å². The molecule has 6 heteroatoms. The molecule has 2 aromatic carbocycles. The first-order chi connectivity index (χ1) is 12.2. The quantitative estimate of drug-likeness (QED) is 0.864. The number of hydrogen-bond donors (Lipinski definition) is 2. The first-order valence-corrected chi connectivity index (χ1v) is 8.22. The fraction of sp³-hybridized carbons (Fsp3) is 0.250. The molecule has 26 heavy (non-hydrogen) atoms. The Hall–Kier alpha value is -3.15. The van der Waals surface area contributed by atoms with Gasteiger partial charge >= 0.3 is 0 Å². The van der Waals surface area contributed by atoms with Gasteiger partial charge in [0.05, 0.1) is 6.54 Å². The zero-order valence-electron chi connectivity index (χ0n) is 15.4. The zero-order valence-corrected chi connectivity index (χ0v) is 15.4. The second-order valence-electron chi connectivity index (χ2n) is 6.43. The van der Waals surface area contributed by atoms with E-state index in [2.05, 4.69) is 5.32 Å². The SMILES string of the molecule is Cc1cc(C)c(NC(=O)CN(C)C(=O)c2cccc(C(N)=O)c2)c(C)c1. The second-order valence-corrected chi connectivity index (χ2v) is 6.43. The Morgan fingerprint density at radius 1 is 1.00 bits per heavy atom. The average Bonchev–Trinajstić information content (AvgIpc) is 2.57.